The fourth-order valence-corrected chi connectivity index (χ4v) is 5.09. The standard InChI is InChI=1S/C25H25F4N5O2/c1-14(33-9-8-25(28,29)18(12-33)15-2-7-23(35)30-11-15)24(36)32-21-13-34-20(5-6-22(34)31-21)17-4-3-16(26)10-19(17)27/h2-4,7,10-11,13-14,18,20H,5-6,8-9,12H2,1H3,(H,30,35)(H,32,36)/t14-,18+,20?/m0/s1. The number of carbonyl (C=O) groups excluding carboxylic acids is 1. The number of aromatic nitrogens is 3. The van der Waals surface area contributed by atoms with Gasteiger partial charge in [-0.15, -0.1) is 0 Å². The van der Waals surface area contributed by atoms with Crippen LogP contribution in [0.4, 0.5) is 23.4 Å². The van der Waals surface area contributed by atoms with Gasteiger partial charge in [-0.3, -0.25) is 14.5 Å². The minimum Gasteiger partial charge on any atom is -0.329 e. The van der Waals surface area contributed by atoms with Gasteiger partial charge >= 0.3 is 0 Å². The molecule has 2 N–H and O–H groups in total. The number of pyridine rings is 1. The van der Waals surface area contributed by atoms with Crippen LogP contribution in [0.1, 0.15) is 48.7 Å². The summed E-state index contributed by atoms with van der Waals surface area (Å²) < 4.78 is 58.8. The molecule has 36 heavy (non-hydrogen) atoms. The number of piperidine rings is 1. The summed E-state index contributed by atoms with van der Waals surface area (Å²) in [7, 11) is 0. The van der Waals surface area contributed by atoms with E-state index >= 15 is 0 Å². The van der Waals surface area contributed by atoms with Crippen LogP contribution in [0.15, 0.2) is 47.5 Å². The van der Waals surface area contributed by atoms with Gasteiger partial charge in [0.25, 0.3) is 5.92 Å². The molecule has 1 saturated heterocycles. The molecule has 3 atom stereocenters. The average Bonchev–Trinajstić information content (AvgIpc) is 3.40. The maximum Gasteiger partial charge on any atom is 0.257 e. The van der Waals surface area contributed by atoms with Crippen molar-refractivity contribution in [2.24, 2.45) is 0 Å². The Kier molecular flexibility index (Phi) is 6.19. The Labute approximate surface area is 204 Å². The molecule has 2 aromatic heterocycles. The Morgan fingerprint density at radius 2 is 2.06 bits per heavy atom. The molecule has 0 radical (unpaired) electrons. The van der Waals surface area contributed by atoms with E-state index in [9.17, 15) is 27.2 Å². The van der Waals surface area contributed by atoms with Crippen molar-refractivity contribution < 1.29 is 22.4 Å². The lowest BCUT2D eigenvalue weighted by Gasteiger charge is -2.40. The first-order valence-corrected chi connectivity index (χ1v) is 11.8. The number of H-pyrrole nitrogens is 1. The molecule has 1 unspecified atom stereocenters. The minimum atomic E-state index is -2.97. The number of aryl methyl sites for hydroxylation is 1. The van der Waals surface area contributed by atoms with Gasteiger partial charge in [0.1, 0.15) is 17.5 Å². The van der Waals surface area contributed by atoms with E-state index in [4.69, 9.17) is 0 Å². The van der Waals surface area contributed by atoms with Crippen LogP contribution >= 0.6 is 0 Å². The van der Waals surface area contributed by atoms with E-state index in [-0.39, 0.29) is 30.5 Å². The highest BCUT2D eigenvalue weighted by Crippen LogP contribution is 2.40. The van der Waals surface area contributed by atoms with Gasteiger partial charge in [-0.05, 0) is 25.0 Å². The molecule has 1 aromatic carbocycles. The van der Waals surface area contributed by atoms with Gasteiger partial charge in [0.15, 0.2) is 5.82 Å². The van der Waals surface area contributed by atoms with Crippen molar-refractivity contribution in [1.29, 1.82) is 0 Å². The normalized spacial score (nSPS) is 22.2. The summed E-state index contributed by atoms with van der Waals surface area (Å²) in [5.74, 6) is -4.88. The number of anilines is 1. The summed E-state index contributed by atoms with van der Waals surface area (Å²) in [6, 6.07) is 4.99. The van der Waals surface area contributed by atoms with Crippen molar-refractivity contribution in [3.05, 3.63) is 81.7 Å². The van der Waals surface area contributed by atoms with Crippen molar-refractivity contribution in [2.45, 2.75) is 50.1 Å². The van der Waals surface area contributed by atoms with Crippen LogP contribution in [0.2, 0.25) is 0 Å². The molecule has 1 fully saturated rings. The van der Waals surface area contributed by atoms with E-state index in [2.05, 4.69) is 15.3 Å². The zero-order chi connectivity index (χ0) is 25.6. The number of aromatic amines is 1. The summed E-state index contributed by atoms with van der Waals surface area (Å²) in [5, 5.41) is 2.75. The third-order valence-electron chi connectivity index (χ3n) is 7.16. The van der Waals surface area contributed by atoms with Crippen LogP contribution in [0.5, 0.6) is 0 Å². The summed E-state index contributed by atoms with van der Waals surface area (Å²) in [4.78, 5) is 32.9. The fourth-order valence-electron chi connectivity index (χ4n) is 5.09. The van der Waals surface area contributed by atoms with Crippen molar-refractivity contribution in [1.82, 2.24) is 19.4 Å². The molecule has 2 aliphatic heterocycles. The number of benzene rings is 1. The lowest BCUT2D eigenvalue weighted by molar-refractivity contribution is -0.125. The van der Waals surface area contributed by atoms with Gasteiger partial charge in [-0.25, -0.2) is 22.5 Å². The molecule has 190 valence electrons. The number of hydrogen-bond acceptors (Lipinski definition) is 4. The smallest absolute Gasteiger partial charge is 0.257 e. The molecule has 11 heteroatoms. The van der Waals surface area contributed by atoms with Gasteiger partial charge in [0.05, 0.1) is 18.0 Å². The zero-order valence-corrected chi connectivity index (χ0v) is 19.5. The Bertz CT molecular complexity index is 1330. The molecule has 0 saturated carbocycles. The predicted molar refractivity (Wildman–Crippen MR) is 124 cm³/mol. The first-order valence-electron chi connectivity index (χ1n) is 11.8. The minimum absolute atomic E-state index is 0.0348. The van der Waals surface area contributed by atoms with Crippen molar-refractivity contribution in [3.8, 4) is 0 Å². The molecule has 1 amide bonds. The Hall–Kier alpha value is -3.47. The van der Waals surface area contributed by atoms with Crippen molar-refractivity contribution in [2.75, 3.05) is 18.4 Å². The molecule has 0 bridgehead atoms. The molecular weight excluding hydrogens is 478 g/mol. The Morgan fingerprint density at radius 1 is 1.25 bits per heavy atom. The highest BCUT2D eigenvalue weighted by atomic mass is 19.3. The van der Waals surface area contributed by atoms with Crippen LogP contribution in [-0.4, -0.2) is 50.4 Å². The van der Waals surface area contributed by atoms with Gasteiger partial charge in [0, 0.05) is 56.0 Å². The SMILES string of the molecule is C[C@@H](C(=O)Nc1cn2c(n1)CCC2c1ccc(F)cc1F)N1CCC(F)(F)[C@@H](c2ccc(=O)[nH]c2)C1. The number of hydrogen-bond donors (Lipinski definition) is 2. The number of nitrogens with zero attached hydrogens (tertiary/aromatic N) is 3. The van der Waals surface area contributed by atoms with Crippen LogP contribution in [0.3, 0.4) is 0 Å². The average molecular weight is 504 g/mol. The van der Waals surface area contributed by atoms with Gasteiger partial charge < -0.3 is 14.9 Å². The quantitative estimate of drug-likeness (QED) is 0.519. The number of imidazole rings is 1. The van der Waals surface area contributed by atoms with E-state index in [1.54, 1.807) is 22.6 Å². The summed E-state index contributed by atoms with van der Waals surface area (Å²) in [6.45, 7) is 1.62. The number of halogens is 4. The van der Waals surface area contributed by atoms with E-state index in [0.717, 1.165) is 6.07 Å². The van der Waals surface area contributed by atoms with E-state index in [0.29, 0.717) is 29.8 Å². The molecule has 3 aromatic rings. The second kappa shape index (κ2) is 9.20. The van der Waals surface area contributed by atoms with Crippen molar-refractivity contribution in [3.63, 3.8) is 0 Å². The van der Waals surface area contributed by atoms with Gasteiger partial charge in [0.2, 0.25) is 11.5 Å². The first kappa shape index (κ1) is 24.2. The summed E-state index contributed by atoms with van der Waals surface area (Å²) >= 11 is 0. The maximum absolute atomic E-state index is 14.7. The summed E-state index contributed by atoms with van der Waals surface area (Å²) in [5.41, 5.74) is 0.279. The molecule has 0 spiro atoms. The zero-order valence-electron chi connectivity index (χ0n) is 19.5. The predicted octanol–water partition coefficient (Wildman–Crippen LogP) is 3.84. The third-order valence-corrected chi connectivity index (χ3v) is 7.16. The lowest BCUT2D eigenvalue weighted by Crippen LogP contribution is -2.52. The van der Waals surface area contributed by atoms with E-state index in [1.165, 1.54) is 30.5 Å². The maximum atomic E-state index is 14.7. The van der Waals surface area contributed by atoms with Gasteiger partial charge in [-0.2, -0.15) is 0 Å². The van der Waals surface area contributed by atoms with E-state index in [1.807, 2.05) is 0 Å². The highest BCUT2D eigenvalue weighted by Gasteiger charge is 2.46. The van der Waals surface area contributed by atoms with Crippen LogP contribution < -0.4 is 10.9 Å². The number of likely N-dealkylation sites (tertiary alicyclic amines) is 1. The van der Waals surface area contributed by atoms with Crippen LogP contribution in [0, 0.1) is 11.6 Å². The number of fused-ring (bicyclic) bond motifs is 1. The largest absolute Gasteiger partial charge is 0.329 e. The fraction of sp³-hybridized carbons (Fsp3) is 0.400. The molecule has 7 nitrogen and oxygen atoms in total. The highest BCUT2D eigenvalue weighted by molar-refractivity contribution is 5.93. The van der Waals surface area contributed by atoms with Crippen LogP contribution in [0.25, 0.3) is 0 Å². The number of carbonyl (C=O) groups is 1. The molecular formula is C25H25F4N5O2. The second-order valence-electron chi connectivity index (χ2n) is 9.38. The third kappa shape index (κ3) is 4.55. The van der Waals surface area contributed by atoms with Crippen LogP contribution in [-0.2, 0) is 11.2 Å². The monoisotopic (exact) mass is 503 g/mol. The lowest BCUT2D eigenvalue weighted by atomic mass is 9.87. The summed E-state index contributed by atoms with van der Waals surface area (Å²) in [6.07, 6.45) is 3.66. The molecule has 2 aliphatic rings. The Balaban J connectivity index is 1.29. The topological polar surface area (TPSA) is 83.0 Å². The first-order chi connectivity index (χ1) is 17.1. The van der Waals surface area contributed by atoms with E-state index < -0.39 is 41.8 Å². The Morgan fingerprint density at radius 3 is 2.78 bits per heavy atom. The number of alkyl halides is 2. The number of nitrogens with one attached hydrogen (secondary N) is 2. The number of rotatable bonds is 5. The molecule has 5 rings (SSSR count). The number of amides is 1. The van der Waals surface area contributed by atoms with Gasteiger partial charge in [-0.1, -0.05) is 12.1 Å². The van der Waals surface area contributed by atoms with Crippen molar-refractivity contribution >= 4 is 11.7 Å². The molecule has 4 heterocycles. The molecule has 0 aliphatic carbocycles. The second-order valence-corrected chi connectivity index (χ2v) is 9.38.